The van der Waals surface area contributed by atoms with Crippen molar-refractivity contribution in [2.24, 2.45) is 0 Å². The number of ketones is 1. The zero-order valence-corrected chi connectivity index (χ0v) is 17.5. The van der Waals surface area contributed by atoms with Gasteiger partial charge in [-0.25, -0.2) is 4.79 Å². The highest BCUT2D eigenvalue weighted by molar-refractivity contribution is 6.01. The number of carbonyl (C=O) groups excluding carboxylic acids is 1. The van der Waals surface area contributed by atoms with Crippen molar-refractivity contribution in [1.29, 1.82) is 0 Å². The fraction of sp³-hybridized carbons (Fsp3) is 0.214. The van der Waals surface area contributed by atoms with Gasteiger partial charge in [0.05, 0.1) is 16.4 Å². The highest BCUT2D eigenvalue weighted by Crippen LogP contribution is 2.49. The van der Waals surface area contributed by atoms with E-state index in [2.05, 4.69) is 6.58 Å². The number of aromatic carboxylic acids is 1. The third-order valence-corrected chi connectivity index (χ3v) is 6.69. The maximum Gasteiger partial charge on any atom is 0.335 e. The lowest BCUT2D eigenvalue weighted by atomic mass is 9.55. The van der Waals surface area contributed by atoms with Crippen molar-refractivity contribution >= 4 is 11.8 Å². The Hall–Kier alpha value is -3.46. The molecule has 1 aliphatic carbocycles. The summed E-state index contributed by atoms with van der Waals surface area (Å²) < 4.78 is 0. The topological polar surface area (TPSA) is 54.4 Å². The molecular formula is C28H26O3. The van der Waals surface area contributed by atoms with Crippen molar-refractivity contribution in [2.75, 3.05) is 0 Å². The molecule has 0 spiro atoms. The zero-order valence-electron chi connectivity index (χ0n) is 17.5. The number of carboxylic acid groups (broad SMARTS) is 1. The number of hydrogen-bond donors (Lipinski definition) is 1. The monoisotopic (exact) mass is 410 g/mol. The molecule has 4 rings (SSSR count). The van der Waals surface area contributed by atoms with Gasteiger partial charge in [-0.2, -0.15) is 0 Å². The molecule has 31 heavy (non-hydrogen) atoms. The van der Waals surface area contributed by atoms with E-state index in [4.69, 9.17) is 0 Å². The first-order valence-corrected chi connectivity index (χ1v) is 10.6. The maximum absolute atomic E-state index is 14.4. The minimum Gasteiger partial charge on any atom is -0.478 e. The van der Waals surface area contributed by atoms with Crippen molar-refractivity contribution in [3.05, 3.63) is 120 Å². The van der Waals surface area contributed by atoms with Crippen LogP contribution in [0.5, 0.6) is 0 Å². The molecule has 0 bridgehead atoms. The third kappa shape index (κ3) is 3.61. The van der Waals surface area contributed by atoms with Crippen LogP contribution in [0.3, 0.4) is 0 Å². The lowest BCUT2D eigenvalue weighted by molar-refractivity contribution is -0.131. The molecule has 0 saturated heterocycles. The summed E-state index contributed by atoms with van der Waals surface area (Å²) in [6, 6.07) is 26.8. The highest BCUT2D eigenvalue weighted by Gasteiger charge is 2.53. The van der Waals surface area contributed by atoms with Gasteiger partial charge in [-0.15, -0.1) is 6.58 Å². The van der Waals surface area contributed by atoms with Gasteiger partial charge < -0.3 is 5.11 Å². The summed E-state index contributed by atoms with van der Waals surface area (Å²) in [6.07, 6.45) is 4.74. The largest absolute Gasteiger partial charge is 0.478 e. The number of rotatable bonds is 6. The molecule has 156 valence electrons. The van der Waals surface area contributed by atoms with E-state index in [1.165, 1.54) is 0 Å². The van der Waals surface area contributed by atoms with E-state index in [9.17, 15) is 14.7 Å². The Kier molecular flexibility index (Phi) is 5.60. The fourth-order valence-electron chi connectivity index (χ4n) is 5.06. The molecule has 1 saturated carbocycles. The van der Waals surface area contributed by atoms with Crippen LogP contribution in [0, 0.1) is 0 Å². The van der Waals surface area contributed by atoms with Crippen LogP contribution < -0.4 is 0 Å². The number of benzene rings is 3. The minimum atomic E-state index is -0.951. The smallest absolute Gasteiger partial charge is 0.335 e. The molecule has 3 heteroatoms. The Labute approximate surface area is 183 Å². The molecule has 3 aromatic carbocycles. The number of Topliss-reactive ketones (excluding diaryl/α,β-unsaturated/α-hetero) is 1. The third-order valence-electron chi connectivity index (χ3n) is 6.69. The lowest BCUT2D eigenvalue weighted by Gasteiger charge is -2.46. The standard InChI is InChI=1S/C28H26O3/c1-2-27(23-10-5-3-6-11-23)18-9-19-28(26(27)31,24-12-7-4-8-13-24)20-21-14-16-22(17-15-21)25(29)30/h2-8,10-17H,1,9,18-20H2,(H,29,30). The Morgan fingerprint density at radius 3 is 2.00 bits per heavy atom. The van der Waals surface area contributed by atoms with E-state index in [1.807, 2.05) is 78.9 Å². The minimum absolute atomic E-state index is 0.168. The zero-order chi connectivity index (χ0) is 21.9. The van der Waals surface area contributed by atoms with Crippen LogP contribution in [-0.4, -0.2) is 16.9 Å². The van der Waals surface area contributed by atoms with Crippen LogP contribution in [0.2, 0.25) is 0 Å². The normalized spacial score (nSPS) is 23.3. The molecule has 3 nitrogen and oxygen atoms in total. The molecule has 0 radical (unpaired) electrons. The van der Waals surface area contributed by atoms with Gasteiger partial charge in [-0.05, 0) is 48.1 Å². The van der Waals surface area contributed by atoms with Crippen molar-refractivity contribution in [2.45, 2.75) is 36.5 Å². The SMILES string of the molecule is C=CC1(c2ccccc2)CCCC(Cc2ccc(C(=O)O)cc2)(c2ccccc2)C1=O. The average molecular weight is 411 g/mol. The second-order valence-corrected chi connectivity index (χ2v) is 8.35. The Morgan fingerprint density at radius 2 is 1.45 bits per heavy atom. The van der Waals surface area contributed by atoms with Gasteiger partial charge in [0.1, 0.15) is 0 Å². The van der Waals surface area contributed by atoms with Crippen LogP contribution >= 0.6 is 0 Å². The van der Waals surface area contributed by atoms with E-state index < -0.39 is 16.8 Å². The first-order valence-electron chi connectivity index (χ1n) is 10.6. The molecule has 0 heterocycles. The molecule has 1 fully saturated rings. The molecule has 2 unspecified atom stereocenters. The van der Waals surface area contributed by atoms with Crippen LogP contribution in [0.1, 0.15) is 46.3 Å². The molecule has 0 aliphatic heterocycles. The quantitative estimate of drug-likeness (QED) is 0.527. The number of hydrogen-bond acceptors (Lipinski definition) is 2. The summed E-state index contributed by atoms with van der Waals surface area (Å²) >= 11 is 0. The van der Waals surface area contributed by atoms with Crippen LogP contribution in [0.4, 0.5) is 0 Å². The molecule has 0 aromatic heterocycles. The summed E-state index contributed by atoms with van der Waals surface area (Å²) in [4.78, 5) is 25.7. The van der Waals surface area contributed by atoms with Gasteiger partial charge in [0.2, 0.25) is 0 Å². The predicted molar refractivity (Wildman–Crippen MR) is 122 cm³/mol. The molecule has 2 atom stereocenters. The van der Waals surface area contributed by atoms with Crippen molar-refractivity contribution < 1.29 is 14.7 Å². The predicted octanol–water partition coefficient (Wildman–Crippen LogP) is 5.74. The second-order valence-electron chi connectivity index (χ2n) is 8.35. The fourth-order valence-corrected chi connectivity index (χ4v) is 5.06. The average Bonchev–Trinajstić information content (AvgIpc) is 2.82. The summed E-state index contributed by atoms with van der Waals surface area (Å²) in [5.74, 6) is -0.784. The highest BCUT2D eigenvalue weighted by atomic mass is 16.4. The van der Waals surface area contributed by atoms with Gasteiger partial charge in [0.25, 0.3) is 0 Å². The van der Waals surface area contributed by atoms with Crippen molar-refractivity contribution in [3.8, 4) is 0 Å². The molecule has 3 aromatic rings. The van der Waals surface area contributed by atoms with Crippen LogP contribution in [0.15, 0.2) is 97.6 Å². The number of carbonyl (C=O) groups is 2. The Balaban J connectivity index is 1.84. The van der Waals surface area contributed by atoms with Crippen molar-refractivity contribution in [3.63, 3.8) is 0 Å². The van der Waals surface area contributed by atoms with Gasteiger partial charge in [-0.1, -0.05) is 85.3 Å². The number of allylic oxidation sites excluding steroid dienone is 1. The van der Waals surface area contributed by atoms with Gasteiger partial charge in [-0.3, -0.25) is 4.79 Å². The molecule has 0 amide bonds. The van der Waals surface area contributed by atoms with E-state index in [0.717, 1.165) is 36.0 Å². The van der Waals surface area contributed by atoms with E-state index in [1.54, 1.807) is 12.1 Å². The Bertz CT molecular complexity index is 1090. The van der Waals surface area contributed by atoms with Gasteiger partial charge in [0, 0.05) is 0 Å². The van der Waals surface area contributed by atoms with Crippen LogP contribution in [-0.2, 0) is 22.0 Å². The van der Waals surface area contributed by atoms with E-state index in [-0.39, 0.29) is 11.3 Å². The first kappa shape index (κ1) is 20.8. The molecular weight excluding hydrogens is 384 g/mol. The van der Waals surface area contributed by atoms with Gasteiger partial charge >= 0.3 is 5.97 Å². The lowest BCUT2D eigenvalue weighted by Crippen LogP contribution is -2.53. The summed E-state index contributed by atoms with van der Waals surface area (Å²) in [5, 5.41) is 9.23. The Morgan fingerprint density at radius 1 is 0.871 bits per heavy atom. The summed E-state index contributed by atoms with van der Waals surface area (Å²) in [7, 11) is 0. The molecule has 1 aliphatic rings. The maximum atomic E-state index is 14.4. The second kappa shape index (κ2) is 8.35. The van der Waals surface area contributed by atoms with Crippen LogP contribution in [0.25, 0.3) is 0 Å². The van der Waals surface area contributed by atoms with E-state index in [0.29, 0.717) is 6.42 Å². The summed E-state index contributed by atoms with van der Waals surface area (Å²) in [6.45, 7) is 4.09. The first-order chi connectivity index (χ1) is 15.0. The number of carboxylic acids is 1. The van der Waals surface area contributed by atoms with Crippen molar-refractivity contribution in [1.82, 2.24) is 0 Å². The van der Waals surface area contributed by atoms with Gasteiger partial charge in [0.15, 0.2) is 5.78 Å². The summed E-state index contributed by atoms with van der Waals surface area (Å²) in [5.41, 5.74) is 1.75. The van der Waals surface area contributed by atoms with E-state index >= 15 is 0 Å². The molecule has 1 N–H and O–H groups in total.